The van der Waals surface area contributed by atoms with Gasteiger partial charge in [0.25, 0.3) is 0 Å². The maximum Gasteiger partial charge on any atom is 0.417 e. The van der Waals surface area contributed by atoms with Gasteiger partial charge in [0, 0.05) is 5.56 Å². The van der Waals surface area contributed by atoms with E-state index >= 15 is 0 Å². The van der Waals surface area contributed by atoms with Gasteiger partial charge in [-0.3, -0.25) is 0 Å². The first-order valence-electron chi connectivity index (χ1n) is 7.60. The number of hydrogen-bond donors (Lipinski definition) is 0. The van der Waals surface area contributed by atoms with Crippen LogP contribution in [0.15, 0.2) is 53.7 Å². The first-order chi connectivity index (χ1) is 11.6. The molecule has 25 heavy (non-hydrogen) atoms. The topological polar surface area (TPSA) is 38.7 Å². The second-order valence-corrected chi connectivity index (χ2v) is 6.53. The third kappa shape index (κ3) is 4.92. The molecule has 0 saturated heterocycles. The van der Waals surface area contributed by atoms with Crippen LogP contribution in [0.1, 0.15) is 47.8 Å². The van der Waals surface area contributed by atoms with Crippen molar-refractivity contribution < 1.29 is 22.8 Å². The van der Waals surface area contributed by atoms with E-state index in [-0.39, 0.29) is 16.5 Å². The standard InChI is InChI=1S/C19H18F3NO2/c1-18(2,3)15-10-8-13(9-11-15)17(24)25-23-12-14-6-4-5-7-16(14)19(20,21)22/h4-12H,1-3H3. The van der Waals surface area contributed by atoms with Crippen LogP contribution in [0.5, 0.6) is 0 Å². The molecule has 2 rings (SSSR count). The zero-order valence-corrected chi connectivity index (χ0v) is 14.1. The molecule has 0 saturated carbocycles. The van der Waals surface area contributed by atoms with Crippen molar-refractivity contribution in [2.24, 2.45) is 5.16 Å². The average Bonchev–Trinajstić information content (AvgIpc) is 2.53. The minimum atomic E-state index is -4.50. The third-order valence-electron chi connectivity index (χ3n) is 3.58. The molecule has 0 spiro atoms. The van der Waals surface area contributed by atoms with Crippen LogP contribution in [0.2, 0.25) is 0 Å². The van der Waals surface area contributed by atoms with Gasteiger partial charge >= 0.3 is 12.1 Å². The molecule has 2 aromatic rings. The molecule has 3 nitrogen and oxygen atoms in total. The molecule has 0 radical (unpaired) electrons. The Morgan fingerprint density at radius 1 is 1.00 bits per heavy atom. The second-order valence-electron chi connectivity index (χ2n) is 6.53. The fourth-order valence-corrected chi connectivity index (χ4v) is 2.16. The minimum Gasteiger partial charge on any atom is -0.313 e. The zero-order valence-electron chi connectivity index (χ0n) is 14.1. The fraction of sp³-hybridized carbons (Fsp3) is 0.263. The van der Waals surface area contributed by atoms with Gasteiger partial charge < -0.3 is 4.84 Å². The van der Waals surface area contributed by atoms with Crippen molar-refractivity contribution >= 4 is 12.2 Å². The van der Waals surface area contributed by atoms with Crippen molar-refractivity contribution in [3.63, 3.8) is 0 Å². The summed E-state index contributed by atoms with van der Waals surface area (Å²) in [6.07, 6.45) is -3.63. The van der Waals surface area contributed by atoms with E-state index in [1.54, 1.807) is 24.3 Å². The van der Waals surface area contributed by atoms with Gasteiger partial charge in [-0.25, -0.2) is 4.79 Å². The number of benzene rings is 2. The Morgan fingerprint density at radius 2 is 1.60 bits per heavy atom. The maximum absolute atomic E-state index is 12.9. The molecule has 0 amide bonds. The van der Waals surface area contributed by atoms with Crippen molar-refractivity contribution in [2.75, 3.05) is 0 Å². The van der Waals surface area contributed by atoms with Crippen molar-refractivity contribution in [3.8, 4) is 0 Å². The molecular formula is C19H18F3NO2. The predicted octanol–water partition coefficient (Wildman–Crippen LogP) is 5.19. The lowest BCUT2D eigenvalue weighted by atomic mass is 9.87. The number of hydrogen-bond acceptors (Lipinski definition) is 3. The molecule has 6 heteroatoms. The molecule has 0 N–H and O–H groups in total. The van der Waals surface area contributed by atoms with Crippen molar-refractivity contribution in [2.45, 2.75) is 32.4 Å². The van der Waals surface area contributed by atoms with Gasteiger partial charge in [-0.1, -0.05) is 56.3 Å². The second kappa shape index (κ2) is 7.09. The van der Waals surface area contributed by atoms with E-state index in [1.807, 2.05) is 20.8 Å². The lowest BCUT2D eigenvalue weighted by Gasteiger charge is -2.18. The number of carbonyl (C=O) groups is 1. The van der Waals surface area contributed by atoms with Crippen molar-refractivity contribution in [1.29, 1.82) is 0 Å². The highest BCUT2D eigenvalue weighted by molar-refractivity contribution is 5.90. The summed E-state index contributed by atoms with van der Waals surface area (Å²) in [4.78, 5) is 16.6. The number of oxime groups is 1. The van der Waals surface area contributed by atoms with Crippen LogP contribution in [0, 0.1) is 0 Å². The Labute approximate surface area is 144 Å². The van der Waals surface area contributed by atoms with Gasteiger partial charge in [0.05, 0.1) is 17.3 Å². The molecule has 0 aliphatic rings. The number of rotatable bonds is 3. The highest BCUT2D eigenvalue weighted by Crippen LogP contribution is 2.31. The molecule has 0 fully saturated rings. The van der Waals surface area contributed by atoms with Gasteiger partial charge in [-0.15, -0.1) is 0 Å². The smallest absolute Gasteiger partial charge is 0.313 e. The van der Waals surface area contributed by atoms with Gasteiger partial charge in [-0.2, -0.15) is 13.2 Å². The average molecular weight is 349 g/mol. The largest absolute Gasteiger partial charge is 0.417 e. The monoisotopic (exact) mass is 349 g/mol. The van der Waals surface area contributed by atoms with Crippen LogP contribution in [0.25, 0.3) is 0 Å². The van der Waals surface area contributed by atoms with E-state index < -0.39 is 17.7 Å². The Morgan fingerprint density at radius 3 is 2.16 bits per heavy atom. The molecular weight excluding hydrogens is 331 g/mol. The van der Waals surface area contributed by atoms with Gasteiger partial charge in [-0.05, 0) is 29.2 Å². The number of alkyl halides is 3. The van der Waals surface area contributed by atoms with Gasteiger partial charge in [0.15, 0.2) is 0 Å². The third-order valence-corrected chi connectivity index (χ3v) is 3.58. The highest BCUT2D eigenvalue weighted by atomic mass is 19.4. The summed E-state index contributed by atoms with van der Waals surface area (Å²) in [5, 5.41) is 3.39. The number of halogens is 3. The van der Waals surface area contributed by atoms with Crippen molar-refractivity contribution in [3.05, 3.63) is 70.8 Å². The first-order valence-corrected chi connectivity index (χ1v) is 7.60. The Kier molecular flexibility index (Phi) is 5.30. The lowest BCUT2D eigenvalue weighted by Crippen LogP contribution is -2.11. The van der Waals surface area contributed by atoms with E-state index in [9.17, 15) is 18.0 Å². The molecule has 0 unspecified atom stereocenters. The van der Waals surface area contributed by atoms with E-state index in [0.717, 1.165) is 17.8 Å². The number of carbonyl (C=O) groups excluding carboxylic acids is 1. The van der Waals surface area contributed by atoms with Crippen LogP contribution < -0.4 is 0 Å². The summed E-state index contributed by atoms with van der Waals surface area (Å²) in [6.45, 7) is 6.13. The normalized spacial score (nSPS) is 12.4. The molecule has 0 aliphatic heterocycles. The Balaban J connectivity index is 2.09. The maximum atomic E-state index is 12.9. The Bertz CT molecular complexity index is 772. The molecule has 132 valence electrons. The van der Waals surface area contributed by atoms with Gasteiger partial charge in [0.2, 0.25) is 0 Å². The summed E-state index contributed by atoms with van der Waals surface area (Å²) in [5.41, 5.74) is 0.248. The molecule has 0 atom stereocenters. The molecule has 2 aromatic carbocycles. The SMILES string of the molecule is CC(C)(C)c1ccc(C(=O)ON=Cc2ccccc2C(F)(F)F)cc1. The van der Waals surface area contributed by atoms with Crippen LogP contribution in [0.4, 0.5) is 13.2 Å². The molecule has 0 aromatic heterocycles. The zero-order chi connectivity index (χ0) is 18.7. The van der Waals surface area contributed by atoms with Crippen LogP contribution in [-0.2, 0) is 16.4 Å². The summed E-state index contributed by atoms with van der Waals surface area (Å²) in [7, 11) is 0. The van der Waals surface area contributed by atoms with Crippen LogP contribution in [-0.4, -0.2) is 12.2 Å². The fourth-order valence-electron chi connectivity index (χ4n) is 2.16. The van der Waals surface area contributed by atoms with E-state index in [0.29, 0.717) is 0 Å². The number of nitrogens with zero attached hydrogens (tertiary/aromatic N) is 1. The minimum absolute atomic E-state index is 0.0537. The van der Waals surface area contributed by atoms with E-state index in [1.165, 1.54) is 18.2 Å². The van der Waals surface area contributed by atoms with E-state index in [4.69, 9.17) is 0 Å². The first kappa shape index (κ1) is 18.7. The van der Waals surface area contributed by atoms with Crippen LogP contribution >= 0.6 is 0 Å². The van der Waals surface area contributed by atoms with Crippen LogP contribution in [0.3, 0.4) is 0 Å². The lowest BCUT2D eigenvalue weighted by molar-refractivity contribution is -0.137. The summed E-state index contributed by atoms with van der Waals surface area (Å²) in [5.74, 6) is -0.735. The van der Waals surface area contributed by atoms with Gasteiger partial charge in [0.1, 0.15) is 0 Å². The highest BCUT2D eigenvalue weighted by Gasteiger charge is 2.32. The molecule has 0 bridgehead atoms. The quantitative estimate of drug-likeness (QED) is 0.434. The molecule has 0 aliphatic carbocycles. The Hall–Kier alpha value is -2.63. The van der Waals surface area contributed by atoms with Crippen molar-refractivity contribution in [1.82, 2.24) is 0 Å². The van der Waals surface area contributed by atoms with E-state index in [2.05, 4.69) is 9.99 Å². The summed E-state index contributed by atoms with van der Waals surface area (Å²) in [6, 6.07) is 11.7. The predicted molar refractivity (Wildman–Crippen MR) is 89.6 cm³/mol. The molecule has 0 heterocycles. The summed E-state index contributed by atoms with van der Waals surface area (Å²) >= 11 is 0. The summed E-state index contributed by atoms with van der Waals surface area (Å²) < 4.78 is 38.6.